The van der Waals surface area contributed by atoms with E-state index in [0.717, 1.165) is 22.6 Å². The molecule has 4 N–H and O–H groups in total. The van der Waals surface area contributed by atoms with Gasteiger partial charge in [-0.15, -0.1) is 0 Å². The standard InChI is InChI=1S/C14H14N2O/c1-8-11-4-2-9(15)6-13(11)17-14-7-10(16)3-5-12(8)14/h2-8H,15-16H2,1H3. The molecule has 3 rings (SSSR count). The molecule has 0 unspecified atom stereocenters. The van der Waals surface area contributed by atoms with Gasteiger partial charge in [-0.05, 0) is 12.1 Å². The molecule has 3 heteroatoms. The molecule has 0 atom stereocenters. The van der Waals surface area contributed by atoms with Crippen LogP contribution in [0, 0.1) is 0 Å². The monoisotopic (exact) mass is 226 g/mol. The number of anilines is 2. The summed E-state index contributed by atoms with van der Waals surface area (Å²) >= 11 is 0. The second-order valence-electron chi connectivity index (χ2n) is 4.42. The van der Waals surface area contributed by atoms with Crippen molar-refractivity contribution in [1.29, 1.82) is 0 Å². The summed E-state index contributed by atoms with van der Waals surface area (Å²) in [5, 5.41) is 0. The van der Waals surface area contributed by atoms with E-state index in [4.69, 9.17) is 16.2 Å². The third-order valence-corrected chi connectivity index (χ3v) is 3.23. The molecule has 86 valence electrons. The Hall–Kier alpha value is -2.16. The van der Waals surface area contributed by atoms with Crippen LogP contribution < -0.4 is 16.2 Å². The fourth-order valence-corrected chi connectivity index (χ4v) is 2.28. The first-order valence-electron chi connectivity index (χ1n) is 5.62. The molecule has 0 spiro atoms. The molecule has 1 heterocycles. The summed E-state index contributed by atoms with van der Waals surface area (Å²) in [6.07, 6.45) is 0. The zero-order chi connectivity index (χ0) is 12.0. The van der Waals surface area contributed by atoms with E-state index in [-0.39, 0.29) is 0 Å². The van der Waals surface area contributed by atoms with Crippen molar-refractivity contribution in [2.45, 2.75) is 12.8 Å². The van der Waals surface area contributed by atoms with Crippen LogP contribution in [0.3, 0.4) is 0 Å². The molecule has 0 fully saturated rings. The average molecular weight is 226 g/mol. The lowest BCUT2D eigenvalue weighted by molar-refractivity contribution is 0.450. The molecule has 1 aliphatic rings. The van der Waals surface area contributed by atoms with Crippen molar-refractivity contribution in [1.82, 2.24) is 0 Å². The maximum atomic E-state index is 5.85. The fourth-order valence-electron chi connectivity index (χ4n) is 2.28. The van der Waals surface area contributed by atoms with Crippen molar-refractivity contribution < 1.29 is 4.74 Å². The molecule has 17 heavy (non-hydrogen) atoms. The van der Waals surface area contributed by atoms with Gasteiger partial charge < -0.3 is 16.2 Å². The number of hydrogen-bond donors (Lipinski definition) is 2. The van der Waals surface area contributed by atoms with Crippen molar-refractivity contribution in [3.05, 3.63) is 47.5 Å². The fraction of sp³-hybridized carbons (Fsp3) is 0.143. The van der Waals surface area contributed by atoms with Crippen LogP contribution >= 0.6 is 0 Å². The van der Waals surface area contributed by atoms with Crippen LogP contribution in [0.25, 0.3) is 0 Å². The van der Waals surface area contributed by atoms with Gasteiger partial charge in [0.15, 0.2) is 0 Å². The Balaban J connectivity index is 2.17. The molecular weight excluding hydrogens is 212 g/mol. The van der Waals surface area contributed by atoms with Crippen LogP contribution in [-0.4, -0.2) is 0 Å². The Morgan fingerprint density at radius 1 is 0.882 bits per heavy atom. The number of nitrogens with two attached hydrogens (primary N) is 2. The Kier molecular flexibility index (Phi) is 2.01. The number of rotatable bonds is 0. The summed E-state index contributed by atoms with van der Waals surface area (Å²) in [5.74, 6) is 1.96. The highest BCUT2D eigenvalue weighted by molar-refractivity contribution is 5.60. The van der Waals surface area contributed by atoms with Gasteiger partial charge in [0.2, 0.25) is 0 Å². The van der Waals surface area contributed by atoms with Gasteiger partial charge in [0.1, 0.15) is 11.5 Å². The predicted octanol–water partition coefficient (Wildman–Crippen LogP) is 3.11. The van der Waals surface area contributed by atoms with Gasteiger partial charge in [0.05, 0.1) is 0 Å². The normalized spacial score (nSPS) is 13.7. The molecule has 0 radical (unpaired) electrons. The smallest absolute Gasteiger partial charge is 0.133 e. The molecule has 0 amide bonds. The zero-order valence-electron chi connectivity index (χ0n) is 9.60. The summed E-state index contributed by atoms with van der Waals surface area (Å²) in [7, 11) is 0. The van der Waals surface area contributed by atoms with Crippen molar-refractivity contribution in [2.75, 3.05) is 11.5 Å². The van der Waals surface area contributed by atoms with Crippen molar-refractivity contribution in [3.63, 3.8) is 0 Å². The third-order valence-electron chi connectivity index (χ3n) is 3.23. The van der Waals surface area contributed by atoms with E-state index in [0.29, 0.717) is 17.3 Å². The summed E-state index contributed by atoms with van der Waals surface area (Å²) < 4.78 is 5.85. The van der Waals surface area contributed by atoms with Gasteiger partial charge in [-0.1, -0.05) is 19.1 Å². The molecule has 0 saturated carbocycles. The summed E-state index contributed by atoms with van der Waals surface area (Å²) in [5.41, 5.74) is 15.3. The number of benzene rings is 2. The van der Waals surface area contributed by atoms with E-state index >= 15 is 0 Å². The van der Waals surface area contributed by atoms with Crippen LogP contribution in [-0.2, 0) is 0 Å². The Morgan fingerprint density at radius 3 is 1.82 bits per heavy atom. The minimum atomic E-state index is 0.301. The first-order valence-corrected chi connectivity index (χ1v) is 5.62. The van der Waals surface area contributed by atoms with Gasteiger partial charge in [0, 0.05) is 40.6 Å². The van der Waals surface area contributed by atoms with Crippen LogP contribution in [0.15, 0.2) is 36.4 Å². The van der Waals surface area contributed by atoms with E-state index in [1.165, 1.54) is 0 Å². The number of ether oxygens (including phenoxy) is 1. The quantitative estimate of drug-likeness (QED) is 0.678. The second-order valence-corrected chi connectivity index (χ2v) is 4.42. The largest absolute Gasteiger partial charge is 0.457 e. The molecule has 2 aromatic rings. The van der Waals surface area contributed by atoms with Crippen molar-refractivity contribution in [2.24, 2.45) is 0 Å². The Labute approximate surface area is 100 Å². The van der Waals surface area contributed by atoms with Crippen LogP contribution in [0.4, 0.5) is 11.4 Å². The number of fused-ring (bicyclic) bond motifs is 2. The molecule has 2 aromatic carbocycles. The minimum absolute atomic E-state index is 0.301. The van der Waals surface area contributed by atoms with E-state index in [1.807, 2.05) is 36.4 Å². The van der Waals surface area contributed by atoms with E-state index < -0.39 is 0 Å². The number of hydrogen-bond acceptors (Lipinski definition) is 3. The molecule has 3 nitrogen and oxygen atoms in total. The highest BCUT2D eigenvalue weighted by atomic mass is 16.5. The van der Waals surface area contributed by atoms with E-state index in [9.17, 15) is 0 Å². The van der Waals surface area contributed by atoms with Gasteiger partial charge in [-0.25, -0.2) is 0 Å². The first-order chi connectivity index (χ1) is 8.15. The second kappa shape index (κ2) is 3.42. The SMILES string of the molecule is CC1c2ccc(N)cc2Oc2cc(N)ccc21. The summed E-state index contributed by atoms with van der Waals surface area (Å²) in [6.45, 7) is 2.16. The van der Waals surface area contributed by atoms with Gasteiger partial charge in [0.25, 0.3) is 0 Å². The minimum Gasteiger partial charge on any atom is -0.457 e. The molecule has 0 aliphatic carbocycles. The molecule has 1 aliphatic heterocycles. The van der Waals surface area contributed by atoms with Gasteiger partial charge >= 0.3 is 0 Å². The average Bonchev–Trinajstić information content (AvgIpc) is 2.28. The lowest BCUT2D eigenvalue weighted by Gasteiger charge is -2.26. The van der Waals surface area contributed by atoms with Crippen molar-refractivity contribution >= 4 is 11.4 Å². The zero-order valence-corrected chi connectivity index (χ0v) is 9.60. The summed E-state index contributed by atoms with van der Waals surface area (Å²) in [4.78, 5) is 0. The highest BCUT2D eigenvalue weighted by Crippen LogP contribution is 2.44. The van der Waals surface area contributed by atoms with Crippen LogP contribution in [0.1, 0.15) is 24.0 Å². The van der Waals surface area contributed by atoms with Crippen LogP contribution in [0.2, 0.25) is 0 Å². The predicted molar refractivity (Wildman–Crippen MR) is 69.3 cm³/mol. The van der Waals surface area contributed by atoms with Crippen molar-refractivity contribution in [3.8, 4) is 11.5 Å². The van der Waals surface area contributed by atoms with E-state index in [2.05, 4.69) is 6.92 Å². The van der Waals surface area contributed by atoms with E-state index in [1.54, 1.807) is 0 Å². The topological polar surface area (TPSA) is 61.3 Å². The third kappa shape index (κ3) is 1.51. The maximum Gasteiger partial charge on any atom is 0.133 e. The maximum absolute atomic E-state index is 5.85. The Bertz CT molecular complexity index is 541. The molecule has 0 bridgehead atoms. The summed E-state index contributed by atoms with van der Waals surface area (Å²) in [6, 6.07) is 11.6. The number of nitrogen functional groups attached to an aromatic ring is 2. The molecule has 0 aromatic heterocycles. The lowest BCUT2D eigenvalue weighted by Crippen LogP contribution is -2.08. The van der Waals surface area contributed by atoms with Crippen LogP contribution in [0.5, 0.6) is 11.5 Å². The first kappa shape index (κ1) is 10.0. The molecular formula is C14H14N2O. The highest BCUT2D eigenvalue weighted by Gasteiger charge is 2.23. The Morgan fingerprint density at radius 2 is 1.35 bits per heavy atom. The van der Waals surface area contributed by atoms with Gasteiger partial charge in [-0.3, -0.25) is 0 Å². The molecule has 0 saturated heterocycles. The van der Waals surface area contributed by atoms with Gasteiger partial charge in [-0.2, -0.15) is 0 Å². The lowest BCUT2D eigenvalue weighted by atomic mass is 9.89.